The van der Waals surface area contributed by atoms with Crippen LogP contribution in [0.4, 0.5) is 4.39 Å². The van der Waals surface area contributed by atoms with Crippen LogP contribution in [0.1, 0.15) is 25.8 Å². The molecule has 0 aliphatic rings. The molecule has 1 atom stereocenters. The van der Waals surface area contributed by atoms with Crippen molar-refractivity contribution in [2.24, 2.45) is 0 Å². The fraction of sp³-hybridized carbons (Fsp3) is 0.333. The molecule has 2 rings (SSSR count). The lowest BCUT2D eigenvalue weighted by atomic mass is 10.0. The number of benzene rings is 2. The van der Waals surface area contributed by atoms with Crippen molar-refractivity contribution < 1.29 is 4.39 Å². The van der Waals surface area contributed by atoms with Gasteiger partial charge in [0, 0.05) is 11.6 Å². The van der Waals surface area contributed by atoms with Gasteiger partial charge in [-0.25, -0.2) is 4.39 Å². The molecular weight excluding hydrogens is 249 g/mol. The summed E-state index contributed by atoms with van der Waals surface area (Å²) in [7, 11) is 0. The van der Waals surface area contributed by atoms with Gasteiger partial charge in [0.15, 0.2) is 0 Å². The quantitative estimate of drug-likeness (QED) is 0.820. The summed E-state index contributed by atoms with van der Waals surface area (Å²) in [5.41, 5.74) is 2.87. The minimum absolute atomic E-state index is 0.168. The summed E-state index contributed by atoms with van der Waals surface area (Å²) in [6, 6.07) is 15.5. The molecule has 1 nitrogen and oxygen atoms in total. The number of halogens is 1. The highest BCUT2D eigenvalue weighted by atomic mass is 19.1. The van der Waals surface area contributed by atoms with Gasteiger partial charge in [-0.1, -0.05) is 49.4 Å². The lowest BCUT2D eigenvalue weighted by molar-refractivity contribution is 0.543. The van der Waals surface area contributed by atoms with Crippen LogP contribution in [0.15, 0.2) is 48.5 Å². The van der Waals surface area contributed by atoms with Crippen LogP contribution < -0.4 is 5.32 Å². The minimum atomic E-state index is -0.168. The van der Waals surface area contributed by atoms with E-state index in [1.807, 2.05) is 24.3 Å². The Hall–Kier alpha value is -1.67. The number of nitrogens with one attached hydrogen (secondary N) is 1. The van der Waals surface area contributed by atoms with E-state index in [1.54, 1.807) is 6.07 Å². The molecule has 2 aromatic carbocycles. The molecule has 2 heteroatoms. The van der Waals surface area contributed by atoms with Crippen molar-refractivity contribution >= 4 is 0 Å². The largest absolute Gasteiger partial charge is 0.314 e. The summed E-state index contributed by atoms with van der Waals surface area (Å²) in [5, 5.41) is 3.48. The van der Waals surface area contributed by atoms with Crippen LogP contribution in [0.5, 0.6) is 0 Å². The molecule has 0 aliphatic heterocycles. The van der Waals surface area contributed by atoms with Crippen LogP contribution in [-0.4, -0.2) is 12.6 Å². The van der Waals surface area contributed by atoms with E-state index >= 15 is 0 Å². The molecule has 20 heavy (non-hydrogen) atoms. The predicted octanol–water partition coefficient (Wildman–Crippen LogP) is 4.42. The Bertz CT molecular complexity index is 533. The van der Waals surface area contributed by atoms with Crippen molar-refractivity contribution in [3.8, 4) is 11.1 Å². The zero-order valence-corrected chi connectivity index (χ0v) is 12.2. The molecular formula is C18H22FN. The lowest BCUT2D eigenvalue weighted by Crippen LogP contribution is -2.28. The maximum atomic E-state index is 13.7. The fourth-order valence-electron chi connectivity index (χ4n) is 2.33. The number of rotatable bonds is 6. The number of hydrogen-bond donors (Lipinski definition) is 1. The van der Waals surface area contributed by atoms with Gasteiger partial charge in [0.05, 0.1) is 0 Å². The molecule has 0 saturated carbocycles. The van der Waals surface area contributed by atoms with Gasteiger partial charge in [0.2, 0.25) is 0 Å². The average molecular weight is 271 g/mol. The predicted molar refractivity (Wildman–Crippen MR) is 83.3 cm³/mol. The molecule has 0 amide bonds. The normalized spacial score (nSPS) is 12.3. The Kier molecular flexibility index (Phi) is 5.31. The van der Waals surface area contributed by atoms with E-state index in [0.717, 1.165) is 24.9 Å². The van der Waals surface area contributed by atoms with Gasteiger partial charge in [-0.15, -0.1) is 0 Å². The first-order valence-corrected chi connectivity index (χ1v) is 7.28. The topological polar surface area (TPSA) is 12.0 Å². The first-order chi connectivity index (χ1) is 9.70. The van der Waals surface area contributed by atoms with Crippen molar-refractivity contribution in [2.45, 2.75) is 32.7 Å². The summed E-state index contributed by atoms with van der Waals surface area (Å²) < 4.78 is 13.7. The highest BCUT2D eigenvalue weighted by Gasteiger charge is 2.05. The van der Waals surface area contributed by atoms with E-state index < -0.39 is 0 Å². The van der Waals surface area contributed by atoms with Crippen molar-refractivity contribution in [1.29, 1.82) is 0 Å². The molecule has 106 valence electrons. The Morgan fingerprint density at radius 2 is 1.75 bits per heavy atom. The van der Waals surface area contributed by atoms with E-state index in [9.17, 15) is 4.39 Å². The first kappa shape index (κ1) is 14.7. The first-order valence-electron chi connectivity index (χ1n) is 7.28. The maximum absolute atomic E-state index is 13.7. The van der Waals surface area contributed by atoms with E-state index in [-0.39, 0.29) is 5.82 Å². The second-order valence-electron chi connectivity index (χ2n) is 5.24. The van der Waals surface area contributed by atoms with Crippen LogP contribution in [0.25, 0.3) is 11.1 Å². The van der Waals surface area contributed by atoms with Crippen molar-refractivity contribution in [2.75, 3.05) is 6.54 Å². The van der Waals surface area contributed by atoms with Crippen molar-refractivity contribution in [3.05, 3.63) is 59.9 Å². The summed E-state index contributed by atoms with van der Waals surface area (Å²) in [6.07, 6.45) is 2.15. The zero-order valence-electron chi connectivity index (χ0n) is 12.2. The van der Waals surface area contributed by atoms with Gasteiger partial charge in [0.1, 0.15) is 5.82 Å². The molecule has 0 heterocycles. The van der Waals surface area contributed by atoms with Crippen molar-refractivity contribution in [3.63, 3.8) is 0 Å². The van der Waals surface area contributed by atoms with E-state index in [2.05, 4.69) is 31.3 Å². The lowest BCUT2D eigenvalue weighted by Gasteiger charge is -2.13. The van der Waals surface area contributed by atoms with Crippen molar-refractivity contribution in [1.82, 2.24) is 5.32 Å². The van der Waals surface area contributed by atoms with Crippen LogP contribution in [-0.2, 0) is 6.42 Å². The highest BCUT2D eigenvalue weighted by molar-refractivity contribution is 5.64. The van der Waals surface area contributed by atoms with Gasteiger partial charge < -0.3 is 5.32 Å². The molecule has 0 aliphatic carbocycles. The molecule has 0 radical (unpaired) electrons. The maximum Gasteiger partial charge on any atom is 0.131 e. The summed E-state index contributed by atoms with van der Waals surface area (Å²) in [4.78, 5) is 0. The van der Waals surface area contributed by atoms with E-state index in [0.29, 0.717) is 11.6 Å². The third-order valence-corrected chi connectivity index (χ3v) is 3.42. The van der Waals surface area contributed by atoms with Gasteiger partial charge in [-0.05, 0) is 43.5 Å². The summed E-state index contributed by atoms with van der Waals surface area (Å²) >= 11 is 0. The van der Waals surface area contributed by atoms with Crippen LogP contribution in [0.3, 0.4) is 0 Å². The smallest absolute Gasteiger partial charge is 0.131 e. The zero-order chi connectivity index (χ0) is 14.4. The summed E-state index contributed by atoms with van der Waals surface area (Å²) in [5.74, 6) is -0.168. The molecule has 0 aromatic heterocycles. The SMILES string of the molecule is CCCNC(C)Cc1ccc(-c2ccccc2F)cc1. The van der Waals surface area contributed by atoms with Crippen LogP contribution >= 0.6 is 0 Å². The molecule has 0 bridgehead atoms. The van der Waals surface area contributed by atoms with E-state index in [4.69, 9.17) is 0 Å². The fourth-order valence-corrected chi connectivity index (χ4v) is 2.33. The molecule has 1 unspecified atom stereocenters. The van der Waals surface area contributed by atoms with Crippen LogP contribution in [0.2, 0.25) is 0 Å². The highest BCUT2D eigenvalue weighted by Crippen LogP contribution is 2.23. The molecule has 0 spiro atoms. The molecule has 0 saturated heterocycles. The monoisotopic (exact) mass is 271 g/mol. The Morgan fingerprint density at radius 1 is 1.05 bits per heavy atom. The van der Waals surface area contributed by atoms with Gasteiger partial charge in [-0.2, -0.15) is 0 Å². The molecule has 2 aromatic rings. The Balaban J connectivity index is 2.05. The average Bonchev–Trinajstić information content (AvgIpc) is 2.47. The van der Waals surface area contributed by atoms with Gasteiger partial charge in [0.25, 0.3) is 0 Å². The molecule has 0 fully saturated rings. The second kappa shape index (κ2) is 7.20. The Morgan fingerprint density at radius 3 is 2.40 bits per heavy atom. The third kappa shape index (κ3) is 3.91. The van der Waals surface area contributed by atoms with Gasteiger partial charge in [-0.3, -0.25) is 0 Å². The summed E-state index contributed by atoms with van der Waals surface area (Å²) in [6.45, 7) is 5.41. The molecule has 1 N–H and O–H groups in total. The standard InChI is InChI=1S/C18H22FN/c1-3-12-20-14(2)13-15-8-10-16(11-9-15)17-6-4-5-7-18(17)19/h4-11,14,20H,3,12-13H2,1-2H3. The van der Waals surface area contributed by atoms with Crippen LogP contribution in [0, 0.1) is 5.82 Å². The third-order valence-electron chi connectivity index (χ3n) is 3.42. The second-order valence-corrected chi connectivity index (χ2v) is 5.24. The van der Waals surface area contributed by atoms with E-state index in [1.165, 1.54) is 11.6 Å². The minimum Gasteiger partial charge on any atom is -0.314 e. The Labute approximate surface area is 120 Å². The number of hydrogen-bond acceptors (Lipinski definition) is 1. The van der Waals surface area contributed by atoms with Gasteiger partial charge >= 0.3 is 0 Å².